The molecule has 0 fully saturated rings. The van der Waals surface area contributed by atoms with E-state index < -0.39 is 16.0 Å². The zero-order valence-electron chi connectivity index (χ0n) is 11.8. The van der Waals surface area contributed by atoms with Crippen LogP contribution in [0.4, 0.5) is 0 Å². The summed E-state index contributed by atoms with van der Waals surface area (Å²) in [5.74, 6) is 0.131. The Morgan fingerprint density at radius 3 is 2.35 bits per heavy atom. The number of carbonyl (C=O) groups excluding carboxylic acids is 1. The highest BCUT2D eigenvalue weighted by atomic mass is 32.2. The summed E-state index contributed by atoms with van der Waals surface area (Å²) in [4.78, 5) is 11.1. The summed E-state index contributed by atoms with van der Waals surface area (Å²) < 4.78 is 35.9. The molecule has 0 saturated heterocycles. The molecule has 1 aromatic rings. The molecule has 1 rings (SSSR count). The summed E-state index contributed by atoms with van der Waals surface area (Å²) in [6.45, 7) is 4.01. The van der Waals surface area contributed by atoms with Gasteiger partial charge in [0.15, 0.2) is 6.61 Å². The van der Waals surface area contributed by atoms with E-state index in [0.717, 1.165) is 0 Å². The number of sulfonamides is 1. The van der Waals surface area contributed by atoms with E-state index in [1.54, 1.807) is 0 Å². The summed E-state index contributed by atoms with van der Waals surface area (Å²) in [5.41, 5.74) is 0. The molecule has 0 aromatic heterocycles. The highest BCUT2D eigenvalue weighted by Gasteiger charge is 2.14. The first kappa shape index (κ1) is 16.5. The number of esters is 1. The van der Waals surface area contributed by atoms with Crippen LogP contribution in [-0.4, -0.2) is 34.6 Å². The SMILES string of the molecule is COC(=O)COc1ccc(S(=O)(=O)NCC(C)C)cc1. The van der Waals surface area contributed by atoms with Crippen molar-refractivity contribution in [3.63, 3.8) is 0 Å². The average molecular weight is 301 g/mol. The number of benzene rings is 1. The molecule has 20 heavy (non-hydrogen) atoms. The molecular formula is C13H19NO5S. The number of carbonyl (C=O) groups is 1. The van der Waals surface area contributed by atoms with Gasteiger partial charge in [0.05, 0.1) is 12.0 Å². The Bertz CT molecular complexity index is 536. The topological polar surface area (TPSA) is 81.7 Å². The van der Waals surface area contributed by atoms with Gasteiger partial charge in [-0.3, -0.25) is 0 Å². The fourth-order valence-electron chi connectivity index (χ4n) is 1.28. The van der Waals surface area contributed by atoms with Gasteiger partial charge >= 0.3 is 5.97 Å². The fraction of sp³-hybridized carbons (Fsp3) is 0.462. The lowest BCUT2D eigenvalue weighted by atomic mass is 10.2. The van der Waals surface area contributed by atoms with Crippen LogP contribution >= 0.6 is 0 Å². The quantitative estimate of drug-likeness (QED) is 0.765. The van der Waals surface area contributed by atoms with Crippen molar-refractivity contribution in [1.29, 1.82) is 0 Å². The predicted octanol–water partition coefficient (Wildman–Crippen LogP) is 1.17. The maximum atomic E-state index is 11.9. The Hall–Kier alpha value is -1.60. The third-order valence-electron chi connectivity index (χ3n) is 2.40. The number of rotatable bonds is 7. The first-order valence-electron chi connectivity index (χ1n) is 6.14. The molecule has 0 amide bonds. The molecule has 0 unspecified atom stereocenters. The normalized spacial score (nSPS) is 11.4. The first-order valence-corrected chi connectivity index (χ1v) is 7.63. The van der Waals surface area contributed by atoms with Crippen LogP contribution in [0.1, 0.15) is 13.8 Å². The molecule has 112 valence electrons. The minimum absolute atomic E-state index is 0.156. The smallest absolute Gasteiger partial charge is 0.343 e. The van der Waals surface area contributed by atoms with Gasteiger partial charge in [0.2, 0.25) is 10.0 Å². The zero-order valence-corrected chi connectivity index (χ0v) is 12.6. The van der Waals surface area contributed by atoms with Crippen LogP contribution in [0.5, 0.6) is 5.75 Å². The largest absolute Gasteiger partial charge is 0.482 e. The van der Waals surface area contributed by atoms with Crippen LogP contribution in [-0.2, 0) is 19.6 Å². The summed E-state index contributed by atoms with van der Waals surface area (Å²) >= 11 is 0. The Balaban J connectivity index is 2.68. The lowest BCUT2D eigenvalue weighted by Crippen LogP contribution is -2.27. The van der Waals surface area contributed by atoms with E-state index in [1.165, 1.54) is 31.4 Å². The van der Waals surface area contributed by atoms with Crippen molar-refractivity contribution in [3.05, 3.63) is 24.3 Å². The fourth-order valence-corrected chi connectivity index (χ4v) is 2.49. The number of methoxy groups -OCH3 is 1. The van der Waals surface area contributed by atoms with Crippen LogP contribution in [0.15, 0.2) is 29.2 Å². The molecule has 0 heterocycles. The van der Waals surface area contributed by atoms with Gasteiger partial charge in [0, 0.05) is 6.54 Å². The molecule has 0 saturated carbocycles. The molecule has 0 aliphatic carbocycles. The minimum Gasteiger partial charge on any atom is -0.482 e. The van der Waals surface area contributed by atoms with Crippen LogP contribution in [0, 0.1) is 5.92 Å². The van der Waals surface area contributed by atoms with E-state index in [4.69, 9.17) is 4.74 Å². The third-order valence-corrected chi connectivity index (χ3v) is 3.84. The average Bonchev–Trinajstić information content (AvgIpc) is 2.43. The summed E-state index contributed by atoms with van der Waals surface area (Å²) in [6, 6.07) is 5.84. The molecule has 0 bridgehead atoms. The van der Waals surface area contributed by atoms with Gasteiger partial charge in [-0.15, -0.1) is 0 Å². The molecule has 0 atom stereocenters. The van der Waals surface area contributed by atoms with Gasteiger partial charge in [-0.25, -0.2) is 17.9 Å². The zero-order chi connectivity index (χ0) is 15.2. The van der Waals surface area contributed by atoms with Crippen LogP contribution in [0.3, 0.4) is 0 Å². The number of ether oxygens (including phenoxy) is 2. The van der Waals surface area contributed by atoms with Gasteiger partial charge < -0.3 is 9.47 Å². The van der Waals surface area contributed by atoms with Crippen LogP contribution < -0.4 is 9.46 Å². The van der Waals surface area contributed by atoms with E-state index >= 15 is 0 Å². The Labute approximate surface area is 119 Å². The first-order chi connectivity index (χ1) is 9.35. The van der Waals surface area contributed by atoms with Gasteiger partial charge in [0.25, 0.3) is 0 Å². The van der Waals surface area contributed by atoms with Crippen molar-refractivity contribution in [3.8, 4) is 5.75 Å². The van der Waals surface area contributed by atoms with Crippen LogP contribution in [0.25, 0.3) is 0 Å². The Kier molecular flexibility index (Phi) is 5.97. The highest BCUT2D eigenvalue weighted by molar-refractivity contribution is 7.89. The Morgan fingerprint density at radius 2 is 1.85 bits per heavy atom. The minimum atomic E-state index is -3.51. The van der Waals surface area contributed by atoms with Crippen molar-refractivity contribution in [1.82, 2.24) is 4.72 Å². The maximum absolute atomic E-state index is 11.9. The van der Waals surface area contributed by atoms with E-state index in [2.05, 4.69) is 9.46 Å². The second kappa shape index (κ2) is 7.25. The molecule has 1 N–H and O–H groups in total. The van der Waals surface area contributed by atoms with Gasteiger partial charge in [-0.05, 0) is 30.2 Å². The molecule has 0 aliphatic rings. The van der Waals surface area contributed by atoms with Crippen LogP contribution in [0.2, 0.25) is 0 Å². The summed E-state index contributed by atoms with van der Waals surface area (Å²) in [5, 5.41) is 0. The highest BCUT2D eigenvalue weighted by Crippen LogP contribution is 2.16. The van der Waals surface area contributed by atoms with Gasteiger partial charge in [-0.2, -0.15) is 0 Å². The molecule has 6 nitrogen and oxygen atoms in total. The van der Waals surface area contributed by atoms with E-state index in [-0.39, 0.29) is 17.4 Å². The maximum Gasteiger partial charge on any atom is 0.343 e. The molecule has 0 spiro atoms. The van der Waals surface area contributed by atoms with Crippen molar-refractivity contribution in [2.75, 3.05) is 20.3 Å². The Morgan fingerprint density at radius 1 is 1.25 bits per heavy atom. The third kappa shape index (κ3) is 5.18. The molecular weight excluding hydrogens is 282 g/mol. The second-order valence-electron chi connectivity index (χ2n) is 4.58. The summed E-state index contributed by atoms with van der Waals surface area (Å²) in [6.07, 6.45) is 0. The van der Waals surface area contributed by atoms with Crippen molar-refractivity contribution < 1.29 is 22.7 Å². The van der Waals surface area contributed by atoms with E-state index in [9.17, 15) is 13.2 Å². The molecule has 0 radical (unpaired) electrons. The lowest BCUT2D eigenvalue weighted by Gasteiger charge is -2.09. The van der Waals surface area contributed by atoms with E-state index in [1.807, 2.05) is 13.8 Å². The van der Waals surface area contributed by atoms with Crippen molar-refractivity contribution in [2.24, 2.45) is 5.92 Å². The van der Waals surface area contributed by atoms with E-state index in [0.29, 0.717) is 12.3 Å². The standard InChI is InChI=1S/C13H19NO5S/c1-10(2)8-14-20(16,17)12-6-4-11(5-7-12)19-9-13(15)18-3/h4-7,10,14H,8-9H2,1-3H3. The van der Waals surface area contributed by atoms with Gasteiger partial charge in [0.1, 0.15) is 5.75 Å². The molecule has 7 heteroatoms. The number of hydrogen-bond acceptors (Lipinski definition) is 5. The number of nitrogens with one attached hydrogen (secondary N) is 1. The second-order valence-corrected chi connectivity index (χ2v) is 6.35. The van der Waals surface area contributed by atoms with Gasteiger partial charge in [-0.1, -0.05) is 13.8 Å². The monoisotopic (exact) mass is 301 g/mol. The lowest BCUT2D eigenvalue weighted by molar-refractivity contribution is -0.142. The molecule has 0 aliphatic heterocycles. The van der Waals surface area contributed by atoms with Crippen molar-refractivity contribution in [2.45, 2.75) is 18.7 Å². The molecule has 1 aromatic carbocycles. The number of hydrogen-bond donors (Lipinski definition) is 1. The van der Waals surface area contributed by atoms with Crippen molar-refractivity contribution >= 4 is 16.0 Å². The summed E-state index contributed by atoms with van der Waals surface area (Å²) in [7, 11) is -2.24. The predicted molar refractivity (Wildman–Crippen MR) is 74.0 cm³/mol.